The highest BCUT2D eigenvalue weighted by molar-refractivity contribution is 4.94. The predicted molar refractivity (Wildman–Crippen MR) is 70.5 cm³/mol. The van der Waals surface area contributed by atoms with E-state index in [9.17, 15) is 0 Å². The van der Waals surface area contributed by atoms with E-state index in [2.05, 4.69) is 5.32 Å². The Bertz CT molecular complexity index is 180. The van der Waals surface area contributed by atoms with Crippen LogP contribution in [0.3, 0.4) is 0 Å². The molecule has 0 aromatic carbocycles. The molecule has 2 saturated carbocycles. The predicted octanol–water partition coefficient (Wildman–Crippen LogP) is 3.98. The first-order valence-corrected chi connectivity index (χ1v) is 7.68. The summed E-state index contributed by atoms with van der Waals surface area (Å²) in [7, 11) is 0. The summed E-state index contributed by atoms with van der Waals surface area (Å²) in [6.07, 6.45) is 12.1. The quantitative estimate of drug-likeness (QED) is 0.655. The summed E-state index contributed by atoms with van der Waals surface area (Å²) in [5.41, 5.74) is 0. The van der Waals surface area contributed by atoms with Crippen LogP contribution in [0.5, 0.6) is 0 Å². The molecule has 0 bridgehead atoms. The summed E-state index contributed by atoms with van der Waals surface area (Å²) in [5.74, 6) is 3.28. The third-order valence-corrected chi connectivity index (χ3v) is 5.00. The summed E-state index contributed by atoms with van der Waals surface area (Å²) >= 11 is 0. The minimum atomic E-state index is 0.906. The van der Waals surface area contributed by atoms with Crippen LogP contribution in [0.2, 0.25) is 0 Å². The first kappa shape index (κ1) is 12.4. The fourth-order valence-electron chi connectivity index (χ4n) is 4.36. The molecule has 1 saturated heterocycles. The molecule has 1 aliphatic heterocycles. The van der Waals surface area contributed by atoms with Crippen molar-refractivity contribution in [2.45, 2.75) is 71.3 Å². The minimum Gasteiger partial charge on any atom is -0.314 e. The zero-order chi connectivity index (χ0) is 11.4. The highest BCUT2D eigenvalue weighted by Crippen LogP contribution is 2.46. The summed E-state index contributed by atoms with van der Waals surface area (Å²) in [5, 5.41) is 3.75. The molecule has 1 heterocycles. The molecule has 3 aliphatic rings. The van der Waals surface area contributed by atoms with Crippen LogP contribution in [0.4, 0.5) is 0 Å². The number of piperidine rings is 1. The number of rotatable bonds is 0. The standard InChI is InChI=1S/C13H23N.C2H6/c1-2-5-11-10(4-1)7-8-13-12(11)6-3-9-14-13;1-2/h10-14H,1-9H2;1-2H3. The van der Waals surface area contributed by atoms with Crippen molar-refractivity contribution in [3.05, 3.63) is 0 Å². The van der Waals surface area contributed by atoms with Gasteiger partial charge < -0.3 is 5.32 Å². The average Bonchev–Trinajstić information content (AvgIpc) is 2.41. The molecule has 2 aliphatic carbocycles. The maximum Gasteiger partial charge on any atom is 0.00981 e. The van der Waals surface area contributed by atoms with Crippen LogP contribution >= 0.6 is 0 Å². The molecule has 0 radical (unpaired) electrons. The Kier molecular flexibility index (Phi) is 4.69. The Morgan fingerprint density at radius 1 is 0.750 bits per heavy atom. The molecule has 1 heteroatoms. The molecular weight excluding hydrogens is 194 g/mol. The van der Waals surface area contributed by atoms with Crippen LogP contribution in [0, 0.1) is 17.8 Å². The van der Waals surface area contributed by atoms with Crippen LogP contribution in [-0.2, 0) is 0 Å². The number of nitrogens with one attached hydrogen (secondary N) is 1. The molecule has 4 atom stereocenters. The first-order chi connectivity index (χ1) is 7.95. The molecule has 0 aromatic rings. The number of fused-ring (bicyclic) bond motifs is 3. The molecule has 3 rings (SSSR count). The van der Waals surface area contributed by atoms with Gasteiger partial charge in [0.15, 0.2) is 0 Å². The minimum absolute atomic E-state index is 0.906. The molecule has 94 valence electrons. The molecular formula is C15H29N. The monoisotopic (exact) mass is 223 g/mol. The van der Waals surface area contributed by atoms with Crippen molar-refractivity contribution in [2.24, 2.45) is 17.8 Å². The Hall–Kier alpha value is -0.0400. The van der Waals surface area contributed by atoms with Gasteiger partial charge in [-0.2, -0.15) is 0 Å². The Labute approximate surface area is 101 Å². The SMILES string of the molecule is C1CCC2C(C1)CCC1NCCCC12.CC. The van der Waals surface area contributed by atoms with Crippen LogP contribution in [0.25, 0.3) is 0 Å². The Morgan fingerprint density at radius 2 is 1.50 bits per heavy atom. The average molecular weight is 223 g/mol. The van der Waals surface area contributed by atoms with E-state index in [1.807, 2.05) is 13.8 Å². The fourth-order valence-corrected chi connectivity index (χ4v) is 4.36. The second-order valence-corrected chi connectivity index (χ2v) is 5.65. The maximum absolute atomic E-state index is 3.75. The van der Waals surface area contributed by atoms with Gasteiger partial charge in [0, 0.05) is 6.04 Å². The van der Waals surface area contributed by atoms with Crippen molar-refractivity contribution in [3.63, 3.8) is 0 Å². The zero-order valence-corrected chi connectivity index (χ0v) is 11.2. The van der Waals surface area contributed by atoms with Crippen LogP contribution in [0.1, 0.15) is 65.2 Å². The van der Waals surface area contributed by atoms with Gasteiger partial charge in [-0.05, 0) is 56.4 Å². The molecule has 0 spiro atoms. The van der Waals surface area contributed by atoms with Crippen molar-refractivity contribution in [1.82, 2.24) is 5.32 Å². The van der Waals surface area contributed by atoms with Crippen LogP contribution in [-0.4, -0.2) is 12.6 Å². The zero-order valence-electron chi connectivity index (χ0n) is 11.2. The van der Waals surface area contributed by atoms with Crippen molar-refractivity contribution in [2.75, 3.05) is 6.54 Å². The summed E-state index contributed by atoms with van der Waals surface area (Å²) in [6, 6.07) is 0.906. The lowest BCUT2D eigenvalue weighted by atomic mass is 9.62. The van der Waals surface area contributed by atoms with Gasteiger partial charge in [-0.15, -0.1) is 0 Å². The molecule has 1 N–H and O–H groups in total. The van der Waals surface area contributed by atoms with E-state index >= 15 is 0 Å². The van der Waals surface area contributed by atoms with E-state index in [0.717, 1.165) is 23.8 Å². The highest BCUT2D eigenvalue weighted by Gasteiger charge is 2.40. The van der Waals surface area contributed by atoms with Crippen LogP contribution < -0.4 is 5.32 Å². The number of hydrogen-bond acceptors (Lipinski definition) is 1. The molecule has 3 fully saturated rings. The van der Waals surface area contributed by atoms with E-state index in [1.54, 1.807) is 12.8 Å². The highest BCUT2D eigenvalue weighted by atomic mass is 14.9. The molecule has 0 aromatic heterocycles. The van der Waals surface area contributed by atoms with E-state index in [0.29, 0.717) is 0 Å². The first-order valence-electron chi connectivity index (χ1n) is 7.68. The lowest BCUT2D eigenvalue weighted by molar-refractivity contribution is 0.0524. The van der Waals surface area contributed by atoms with Crippen molar-refractivity contribution < 1.29 is 0 Å². The lowest BCUT2D eigenvalue weighted by Gasteiger charge is -2.48. The molecule has 0 amide bonds. The maximum atomic E-state index is 3.75. The fraction of sp³-hybridized carbons (Fsp3) is 1.00. The van der Waals surface area contributed by atoms with E-state index in [1.165, 1.54) is 45.1 Å². The molecule has 1 nitrogen and oxygen atoms in total. The van der Waals surface area contributed by atoms with E-state index in [-0.39, 0.29) is 0 Å². The van der Waals surface area contributed by atoms with Gasteiger partial charge in [-0.25, -0.2) is 0 Å². The Morgan fingerprint density at radius 3 is 2.38 bits per heavy atom. The third kappa shape index (κ3) is 2.45. The van der Waals surface area contributed by atoms with Gasteiger partial charge in [-0.3, -0.25) is 0 Å². The summed E-state index contributed by atoms with van der Waals surface area (Å²) in [6.45, 7) is 5.29. The molecule has 16 heavy (non-hydrogen) atoms. The van der Waals surface area contributed by atoms with E-state index in [4.69, 9.17) is 0 Å². The van der Waals surface area contributed by atoms with Crippen LogP contribution in [0.15, 0.2) is 0 Å². The largest absolute Gasteiger partial charge is 0.314 e. The number of hydrogen-bond donors (Lipinski definition) is 1. The summed E-state index contributed by atoms with van der Waals surface area (Å²) in [4.78, 5) is 0. The smallest absolute Gasteiger partial charge is 0.00981 e. The van der Waals surface area contributed by atoms with Gasteiger partial charge in [-0.1, -0.05) is 33.1 Å². The van der Waals surface area contributed by atoms with Gasteiger partial charge in [0.25, 0.3) is 0 Å². The topological polar surface area (TPSA) is 12.0 Å². The van der Waals surface area contributed by atoms with Crippen molar-refractivity contribution in [1.29, 1.82) is 0 Å². The normalized spacial score (nSPS) is 42.4. The third-order valence-electron chi connectivity index (χ3n) is 5.00. The van der Waals surface area contributed by atoms with Gasteiger partial charge in [0.1, 0.15) is 0 Å². The second-order valence-electron chi connectivity index (χ2n) is 5.65. The van der Waals surface area contributed by atoms with Gasteiger partial charge in [0.05, 0.1) is 0 Å². The van der Waals surface area contributed by atoms with Gasteiger partial charge in [0.2, 0.25) is 0 Å². The van der Waals surface area contributed by atoms with Gasteiger partial charge >= 0.3 is 0 Å². The van der Waals surface area contributed by atoms with E-state index < -0.39 is 0 Å². The van der Waals surface area contributed by atoms with Crippen molar-refractivity contribution >= 4 is 0 Å². The second kappa shape index (κ2) is 6.05. The Balaban J connectivity index is 0.000000457. The summed E-state index contributed by atoms with van der Waals surface area (Å²) < 4.78 is 0. The lowest BCUT2D eigenvalue weighted by Crippen LogP contribution is -2.49. The van der Waals surface area contributed by atoms with Crippen molar-refractivity contribution in [3.8, 4) is 0 Å². The molecule has 4 unspecified atom stereocenters.